The number of para-hydroxylation sites is 1. The average molecular weight is 382 g/mol. The number of nitrogens with zero attached hydrogens (tertiary/aromatic N) is 1. The molecule has 3 rings (SSSR count). The summed E-state index contributed by atoms with van der Waals surface area (Å²) in [7, 11) is 1.40. The Morgan fingerprint density at radius 3 is 2.15 bits per heavy atom. The molecule has 2 aromatic carbocycles. The second-order valence-corrected chi connectivity index (χ2v) is 5.76. The fourth-order valence-electron chi connectivity index (χ4n) is 2.62. The lowest BCUT2D eigenvalue weighted by Crippen LogP contribution is -2.31. The second-order valence-electron chi connectivity index (χ2n) is 5.38. The van der Waals surface area contributed by atoms with E-state index >= 15 is 0 Å². The minimum atomic E-state index is -4.52. The van der Waals surface area contributed by atoms with Crippen molar-refractivity contribution in [1.29, 1.82) is 0 Å². The molecule has 0 atom stereocenters. The van der Waals surface area contributed by atoms with Crippen LogP contribution in [-0.4, -0.2) is 18.9 Å². The highest BCUT2D eigenvalue weighted by Gasteiger charge is 2.40. The van der Waals surface area contributed by atoms with Gasteiger partial charge in [0.25, 0.3) is 11.8 Å². The first-order valence-corrected chi connectivity index (χ1v) is 7.72. The molecule has 0 bridgehead atoms. The summed E-state index contributed by atoms with van der Waals surface area (Å²) < 4.78 is 43.2. The average Bonchev–Trinajstić information content (AvgIpc) is 2.83. The summed E-state index contributed by atoms with van der Waals surface area (Å²) in [5.74, 6) is -1.20. The van der Waals surface area contributed by atoms with Gasteiger partial charge in [0.15, 0.2) is 0 Å². The van der Waals surface area contributed by atoms with Crippen LogP contribution in [0.25, 0.3) is 5.57 Å². The molecular formula is C18H11ClF3NO3. The van der Waals surface area contributed by atoms with Crippen molar-refractivity contribution in [3.05, 3.63) is 64.7 Å². The molecule has 2 amide bonds. The van der Waals surface area contributed by atoms with Crippen molar-refractivity contribution in [2.45, 2.75) is 6.18 Å². The molecular weight excluding hydrogens is 371 g/mol. The van der Waals surface area contributed by atoms with Crippen LogP contribution in [-0.2, 0) is 15.8 Å². The molecule has 134 valence electrons. The molecule has 8 heteroatoms. The molecule has 0 aliphatic carbocycles. The van der Waals surface area contributed by atoms with E-state index < -0.39 is 23.6 Å². The first kappa shape index (κ1) is 18.0. The second kappa shape index (κ2) is 6.49. The summed E-state index contributed by atoms with van der Waals surface area (Å²) in [6.07, 6.45) is -4.52. The monoisotopic (exact) mass is 381 g/mol. The molecule has 0 radical (unpaired) electrons. The minimum absolute atomic E-state index is 0.00366. The maximum Gasteiger partial charge on any atom is 0.416 e. The quantitative estimate of drug-likeness (QED) is 0.747. The Morgan fingerprint density at radius 1 is 0.962 bits per heavy atom. The Bertz CT molecular complexity index is 920. The summed E-state index contributed by atoms with van der Waals surface area (Å²) in [4.78, 5) is 25.9. The van der Waals surface area contributed by atoms with E-state index in [1.165, 1.54) is 7.11 Å². The van der Waals surface area contributed by atoms with Crippen molar-refractivity contribution in [2.24, 2.45) is 0 Å². The number of carbonyl (C=O) groups excluding carboxylic acids is 2. The maximum absolute atomic E-state index is 12.8. The number of hydrogen-bond donors (Lipinski definition) is 0. The number of rotatable bonds is 3. The predicted molar refractivity (Wildman–Crippen MR) is 89.7 cm³/mol. The van der Waals surface area contributed by atoms with Crippen LogP contribution < -0.4 is 9.64 Å². The predicted octanol–water partition coefficient (Wildman–Crippen LogP) is 4.24. The zero-order valence-corrected chi connectivity index (χ0v) is 14.1. The number of methoxy groups -OCH3 is 1. The third-order valence-electron chi connectivity index (χ3n) is 3.86. The van der Waals surface area contributed by atoms with E-state index in [1.807, 2.05) is 0 Å². The topological polar surface area (TPSA) is 46.6 Å². The molecule has 0 N–H and O–H groups in total. The van der Waals surface area contributed by atoms with Gasteiger partial charge in [-0.05, 0) is 30.3 Å². The standard InChI is InChI=1S/C18H11ClF3NO3/c1-26-13-5-3-2-4-12(13)14-15(19)17(25)23(16(14)24)11-8-6-10(7-9-11)18(20,21)22/h2-9H,1H3. The van der Waals surface area contributed by atoms with Gasteiger partial charge in [-0.1, -0.05) is 29.8 Å². The van der Waals surface area contributed by atoms with E-state index in [2.05, 4.69) is 0 Å². The van der Waals surface area contributed by atoms with Gasteiger partial charge in [0.05, 0.1) is 23.9 Å². The lowest BCUT2D eigenvalue weighted by molar-refractivity contribution is -0.137. The number of alkyl halides is 3. The Hall–Kier alpha value is -2.80. The van der Waals surface area contributed by atoms with Crippen LogP contribution in [0, 0.1) is 0 Å². The highest BCUT2D eigenvalue weighted by Crippen LogP contribution is 2.39. The third-order valence-corrected chi connectivity index (χ3v) is 4.21. The lowest BCUT2D eigenvalue weighted by atomic mass is 10.0. The van der Waals surface area contributed by atoms with Gasteiger partial charge in [-0.25, -0.2) is 4.90 Å². The van der Waals surface area contributed by atoms with Crippen molar-refractivity contribution in [3.8, 4) is 5.75 Å². The van der Waals surface area contributed by atoms with E-state index in [0.717, 1.165) is 29.2 Å². The summed E-state index contributed by atoms with van der Waals surface area (Å²) >= 11 is 6.07. The zero-order valence-electron chi connectivity index (χ0n) is 13.3. The summed E-state index contributed by atoms with van der Waals surface area (Å²) in [6, 6.07) is 10.2. The fourth-order valence-corrected chi connectivity index (χ4v) is 2.89. The van der Waals surface area contributed by atoms with E-state index in [1.54, 1.807) is 24.3 Å². The minimum Gasteiger partial charge on any atom is -0.496 e. The van der Waals surface area contributed by atoms with E-state index in [-0.39, 0.29) is 16.3 Å². The normalized spacial score (nSPS) is 15.0. The molecule has 2 aromatic rings. The molecule has 4 nitrogen and oxygen atoms in total. The number of imide groups is 1. The molecule has 0 fully saturated rings. The van der Waals surface area contributed by atoms with E-state index in [4.69, 9.17) is 16.3 Å². The zero-order chi connectivity index (χ0) is 19.1. The number of halogens is 4. The SMILES string of the molecule is COc1ccccc1C1=C(Cl)C(=O)N(c2ccc(C(F)(F)F)cc2)C1=O. The Labute approximate surface area is 151 Å². The molecule has 1 aliphatic heterocycles. The van der Waals surface area contributed by atoms with E-state index in [0.29, 0.717) is 11.3 Å². The number of carbonyl (C=O) groups is 2. The van der Waals surface area contributed by atoms with Gasteiger partial charge >= 0.3 is 6.18 Å². The summed E-state index contributed by atoms with van der Waals surface area (Å²) in [5, 5.41) is -0.320. The molecule has 0 aromatic heterocycles. The Kier molecular flexibility index (Phi) is 4.50. The van der Waals surface area contributed by atoms with Crippen LogP contribution in [0.15, 0.2) is 53.6 Å². The van der Waals surface area contributed by atoms with Crippen LogP contribution in [0.2, 0.25) is 0 Å². The van der Waals surface area contributed by atoms with Crippen molar-refractivity contribution < 1.29 is 27.5 Å². The van der Waals surface area contributed by atoms with Crippen molar-refractivity contribution in [2.75, 3.05) is 12.0 Å². The molecule has 1 heterocycles. The van der Waals surface area contributed by atoms with Crippen molar-refractivity contribution >= 4 is 34.7 Å². The summed E-state index contributed by atoms with van der Waals surface area (Å²) in [5.41, 5.74) is -0.623. The molecule has 0 unspecified atom stereocenters. The van der Waals surface area contributed by atoms with Gasteiger partial charge in [0, 0.05) is 5.56 Å². The van der Waals surface area contributed by atoms with Gasteiger partial charge < -0.3 is 4.74 Å². The van der Waals surface area contributed by atoms with Crippen LogP contribution in [0.4, 0.5) is 18.9 Å². The fraction of sp³-hybridized carbons (Fsp3) is 0.111. The molecule has 0 saturated heterocycles. The highest BCUT2D eigenvalue weighted by molar-refractivity contribution is 6.60. The first-order chi connectivity index (χ1) is 12.3. The number of anilines is 1. The molecule has 0 spiro atoms. The van der Waals surface area contributed by atoms with Crippen LogP contribution in [0.3, 0.4) is 0 Å². The van der Waals surface area contributed by atoms with Crippen LogP contribution in [0.5, 0.6) is 5.75 Å². The largest absolute Gasteiger partial charge is 0.496 e. The Balaban J connectivity index is 2.01. The third kappa shape index (κ3) is 2.94. The number of benzene rings is 2. The molecule has 26 heavy (non-hydrogen) atoms. The van der Waals surface area contributed by atoms with Crippen LogP contribution >= 0.6 is 11.6 Å². The number of ether oxygens (including phenoxy) is 1. The van der Waals surface area contributed by atoms with Crippen LogP contribution in [0.1, 0.15) is 11.1 Å². The smallest absolute Gasteiger partial charge is 0.416 e. The van der Waals surface area contributed by atoms with Gasteiger partial charge in [0.2, 0.25) is 0 Å². The van der Waals surface area contributed by atoms with Gasteiger partial charge in [-0.15, -0.1) is 0 Å². The first-order valence-electron chi connectivity index (χ1n) is 7.35. The lowest BCUT2D eigenvalue weighted by Gasteiger charge is -2.16. The number of hydrogen-bond acceptors (Lipinski definition) is 3. The maximum atomic E-state index is 12.8. The molecule has 0 saturated carbocycles. The summed E-state index contributed by atoms with van der Waals surface area (Å²) in [6.45, 7) is 0. The van der Waals surface area contributed by atoms with Crippen molar-refractivity contribution in [3.63, 3.8) is 0 Å². The number of amides is 2. The van der Waals surface area contributed by atoms with Gasteiger partial charge in [-0.3, -0.25) is 9.59 Å². The van der Waals surface area contributed by atoms with Gasteiger partial charge in [-0.2, -0.15) is 13.2 Å². The Morgan fingerprint density at radius 2 is 1.58 bits per heavy atom. The molecule has 1 aliphatic rings. The van der Waals surface area contributed by atoms with E-state index in [9.17, 15) is 22.8 Å². The van der Waals surface area contributed by atoms with Gasteiger partial charge in [0.1, 0.15) is 10.8 Å². The highest BCUT2D eigenvalue weighted by atomic mass is 35.5. The van der Waals surface area contributed by atoms with Crippen molar-refractivity contribution in [1.82, 2.24) is 0 Å².